The van der Waals surface area contributed by atoms with Crippen LogP contribution in [0.5, 0.6) is 0 Å². The van der Waals surface area contributed by atoms with Crippen molar-refractivity contribution in [3.05, 3.63) is 0 Å². The highest BCUT2D eigenvalue weighted by atomic mass is 16.5. The van der Waals surface area contributed by atoms with E-state index in [-0.39, 0.29) is 6.04 Å². The van der Waals surface area contributed by atoms with Crippen LogP contribution in [0.15, 0.2) is 0 Å². The number of carboxylic acids is 1. The molecule has 1 atom stereocenters. The third-order valence-electron chi connectivity index (χ3n) is 2.38. The molecule has 4 heteroatoms. The van der Waals surface area contributed by atoms with Crippen LogP contribution >= 0.6 is 0 Å². The van der Waals surface area contributed by atoms with Crippen LogP contribution in [-0.4, -0.2) is 49.3 Å². The predicted octanol–water partition coefficient (Wildman–Crippen LogP) is 1.06. The number of likely N-dealkylation sites (N-methyl/N-ethyl adjacent to an activating group) is 1. The third kappa shape index (κ3) is 4.07. The summed E-state index contributed by atoms with van der Waals surface area (Å²) < 4.78 is 5.01. The standard InChI is InChI=1S/C10H21NO3/c1-8(6-14-5)11(4)7-10(2,3)9(12)13/h8H,6-7H2,1-5H3,(H,12,13). The minimum atomic E-state index is -0.769. The first-order valence-electron chi connectivity index (χ1n) is 4.74. The molecule has 4 nitrogen and oxygen atoms in total. The van der Waals surface area contributed by atoms with Crippen molar-refractivity contribution in [2.75, 3.05) is 27.3 Å². The van der Waals surface area contributed by atoms with Crippen molar-refractivity contribution in [3.8, 4) is 0 Å². The van der Waals surface area contributed by atoms with Crippen LogP contribution in [0.3, 0.4) is 0 Å². The Morgan fingerprint density at radius 2 is 2.07 bits per heavy atom. The van der Waals surface area contributed by atoms with Gasteiger partial charge >= 0.3 is 5.97 Å². The quantitative estimate of drug-likeness (QED) is 0.701. The first kappa shape index (κ1) is 13.4. The van der Waals surface area contributed by atoms with E-state index in [0.717, 1.165) is 0 Å². The van der Waals surface area contributed by atoms with E-state index in [1.165, 1.54) is 0 Å². The van der Waals surface area contributed by atoms with Gasteiger partial charge in [-0.15, -0.1) is 0 Å². The molecule has 0 fully saturated rings. The number of ether oxygens (including phenoxy) is 1. The van der Waals surface area contributed by atoms with Crippen molar-refractivity contribution in [1.82, 2.24) is 4.90 Å². The van der Waals surface area contributed by atoms with E-state index in [2.05, 4.69) is 0 Å². The summed E-state index contributed by atoms with van der Waals surface area (Å²) in [7, 11) is 3.56. The molecule has 0 saturated carbocycles. The largest absolute Gasteiger partial charge is 0.481 e. The molecule has 14 heavy (non-hydrogen) atoms. The Labute approximate surface area is 85.9 Å². The fourth-order valence-corrected chi connectivity index (χ4v) is 1.22. The summed E-state index contributed by atoms with van der Waals surface area (Å²) in [6.45, 7) is 6.61. The molecule has 0 spiro atoms. The van der Waals surface area contributed by atoms with Gasteiger partial charge < -0.3 is 14.7 Å². The summed E-state index contributed by atoms with van der Waals surface area (Å²) in [6, 6.07) is 0.235. The van der Waals surface area contributed by atoms with Crippen LogP contribution in [0.25, 0.3) is 0 Å². The average molecular weight is 203 g/mol. The highest BCUT2D eigenvalue weighted by Gasteiger charge is 2.29. The van der Waals surface area contributed by atoms with Gasteiger partial charge in [0.15, 0.2) is 0 Å². The first-order chi connectivity index (χ1) is 6.31. The molecule has 0 aromatic heterocycles. The minimum absolute atomic E-state index is 0.235. The second-order valence-electron chi connectivity index (χ2n) is 4.41. The number of hydrogen-bond donors (Lipinski definition) is 1. The molecular formula is C10H21NO3. The number of carbonyl (C=O) groups is 1. The van der Waals surface area contributed by atoms with Gasteiger partial charge in [0.2, 0.25) is 0 Å². The molecule has 0 heterocycles. The fraction of sp³-hybridized carbons (Fsp3) is 0.900. The Morgan fingerprint density at radius 1 is 1.57 bits per heavy atom. The molecule has 0 aliphatic heterocycles. The smallest absolute Gasteiger partial charge is 0.310 e. The van der Waals surface area contributed by atoms with Gasteiger partial charge in [-0.05, 0) is 27.8 Å². The molecular weight excluding hydrogens is 182 g/mol. The molecule has 1 unspecified atom stereocenters. The van der Waals surface area contributed by atoms with Crippen molar-refractivity contribution >= 4 is 5.97 Å². The SMILES string of the molecule is COCC(C)N(C)CC(C)(C)C(=O)O. The van der Waals surface area contributed by atoms with Gasteiger partial charge in [0.05, 0.1) is 12.0 Å². The van der Waals surface area contributed by atoms with Crippen molar-refractivity contribution in [1.29, 1.82) is 0 Å². The molecule has 0 saturated heterocycles. The number of carboxylic acid groups (broad SMARTS) is 1. The Hall–Kier alpha value is -0.610. The van der Waals surface area contributed by atoms with Gasteiger partial charge in [0.25, 0.3) is 0 Å². The van der Waals surface area contributed by atoms with E-state index < -0.39 is 11.4 Å². The Balaban J connectivity index is 4.16. The highest BCUT2D eigenvalue weighted by molar-refractivity contribution is 5.73. The summed E-state index contributed by atoms with van der Waals surface area (Å²) >= 11 is 0. The van der Waals surface area contributed by atoms with Gasteiger partial charge in [0.1, 0.15) is 0 Å². The highest BCUT2D eigenvalue weighted by Crippen LogP contribution is 2.17. The third-order valence-corrected chi connectivity index (χ3v) is 2.38. The molecule has 0 rings (SSSR count). The minimum Gasteiger partial charge on any atom is -0.481 e. The van der Waals surface area contributed by atoms with Gasteiger partial charge in [-0.2, -0.15) is 0 Å². The van der Waals surface area contributed by atoms with Crippen molar-refractivity contribution in [3.63, 3.8) is 0 Å². The van der Waals surface area contributed by atoms with Crippen molar-refractivity contribution in [2.24, 2.45) is 5.41 Å². The van der Waals surface area contributed by atoms with Gasteiger partial charge in [-0.25, -0.2) is 0 Å². The second kappa shape index (κ2) is 5.32. The maximum atomic E-state index is 10.9. The number of nitrogens with zero attached hydrogens (tertiary/aromatic N) is 1. The molecule has 84 valence electrons. The van der Waals surface area contributed by atoms with E-state index in [1.807, 2.05) is 18.9 Å². The predicted molar refractivity (Wildman–Crippen MR) is 55.4 cm³/mol. The number of rotatable bonds is 6. The second-order valence-corrected chi connectivity index (χ2v) is 4.41. The normalized spacial score (nSPS) is 14.4. The topological polar surface area (TPSA) is 49.8 Å². The average Bonchev–Trinajstić information content (AvgIpc) is 2.03. The Bertz CT molecular complexity index is 192. The summed E-state index contributed by atoms with van der Waals surface area (Å²) in [5.74, 6) is -0.769. The van der Waals surface area contributed by atoms with Crippen LogP contribution in [0, 0.1) is 5.41 Å². The van der Waals surface area contributed by atoms with Gasteiger partial charge in [-0.1, -0.05) is 0 Å². The lowest BCUT2D eigenvalue weighted by molar-refractivity contribution is -0.148. The number of methoxy groups -OCH3 is 1. The lowest BCUT2D eigenvalue weighted by atomic mass is 9.93. The summed E-state index contributed by atoms with van der Waals surface area (Å²) in [5, 5.41) is 8.94. The van der Waals surface area contributed by atoms with Crippen LogP contribution in [-0.2, 0) is 9.53 Å². The molecule has 0 aromatic carbocycles. The monoisotopic (exact) mass is 203 g/mol. The molecule has 1 N–H and O–H groups in total. The van der Waals surface area contributed by atoms with Crippen LogP contribution in [0.2, 0.25) is 0 Å². The van der Waals surface area contributed by atoms with E-state index in [4.69, 9.17) is 9.84 Å². The van der Waals surface area contributed by atoms with Crippen LogP contribution < -0.4 is 0 Å². The molecule has 0 aromatic rings. The zero-order chi connectivity index (χ0) is 11.4. The summed E-state index contributed by atoms with van der Waals surface area (Å²) in [6.07, 6.45) is 0. The van der Waals surface area contributed by atoms with E-state index in [1.54, 1.807) is 21.0 Å². The molecule has 0 radical (unpaired) electrons. The Kier molecular flexibility index (Phi) is 5.08. The Morgan fingerprint density at radius 3 is 2.43 bits per heavy atom. The van der Waals surface area contributed by atoms with Gasteiger partial charge in [-0.3, -0.25) is 4.79 Å². The number of hydrogen-bond acceptors (Lipinski definition) is 3. The molecule has 0 amide bonds. The van der Waals surface area contributed by atoms with Crippen molar-refractivity contribution < 1.29 is 14.6 Å². The lowest BCUT2D eigenvalue weighted by Gasteiger charge is -2.30. The van der Waals surface area contributed by atoms with Crippen LogP contribution in [0.1, 0.15) is 20.8 Å². The summed E-state index contributed by atoms with van der Waals surface area (Å²) in [4.78, 5) is 12.9. The van der Waals surface area contributed by atoms with E-state index >= 15 is 0 Å². The van der Waals surface area contributed by atoms with E-state index in [0.29, 0.717) is 13.2 Å². The molecule has 0 aliphatic carbocycles. The number of aliphatic carboxylic acids is 1. The van der Waals surface area contributed by atoms with Gasteiger partial charge in [0, 0.05) is 19.7 Å². The maximum absolute atomic E-state index is 10.9. The zero-order valence-electron chi connectivity index (χ0n) is 9.70. The zero-order valence-corrected chi connectivity index (χ0v) is 9.70. The molecule has 0 aliphatic rings. The van der Waals surface area contributed by atoms with Crippen LogP contribution in [0.4, 0.5) is 0 Å². The van der Waals surface area contributed by atoms with E-state index in [9.17, 15) is 4.79 Å². The van der Waals surface area contributed by atoms with Crippen molar-refractivity contribution in [2.45, 2.75) is 26.8 Å². The molecule has 0 bridgehead atoms. The maximum Gasteiger partial charge on any atom is 0.310 e. The lowest BCUT2D eigenvalue weighted by Crippen LogP contribution is -2.42. The fourth-order valence-electron chi connectivity index (χ4n) is 1.22. The first-order valence-corrected chi connectivity index (χ1v) is 4.74. The summed E-state index contributed by atoms with van der Waals surface area (Å²) in [5.41, 5.74) is -0.712.